The molecule has 0 spiro atoms. The maximum atomic E-state index is 10.4. The number of thiazole rings is 1. The number of aldehydes is 1. The lowest BCUT2D eigenvalue weighted by Gasteiger charge is -1.98. The van der Waals surface area contributed by atoms with Crippen LogP contribution in [-0.2, 0) is 6.42 Å². The van der Waals surface area contributed by atoms with E-state index in [-0.39, 0.29) is 5.75 Å². The number of nitrogens with zero attached hydrogens (tertiary/aromatic N) is 1. The van der Waals surface area contributed by atoms with Gasteiger partial charge in [-0.2, -0.15) is 0 Å². The maximum absolute atomic E-state index is 10.4. The first-order valence-electron chi connectivity index (χ1n) is 4.45. The molecule has 0 fully saturated rings. The summed E-state index contributed by atoms with van der Waals surface area (Å²) >= 11 is 1.45. The molecule has 1 N–H and O–H groups in total. The summed E-state index contributed by atoms with van der Waals surface area (Å²) in [6.07, 6.45) is 1.38. The summed E-state index contributed by atoms with van der Waals surface area (Å²) < 4.78 is 0. The van der Waals surface area contributed by atoms with Crippen LogP contribution in [0.3, 0.4) is 0 Å². The van der Waals surface area contributed by atoms with Gasteiger partial charge in [0.25, 0.3) is 0 Å². The number of phenolic OH excluding ortho intramolecular Hbond substituents is 1. The first-order chi connectivity index (χ1) is 7.28. The molecular weight excluding hydrogens is 210 g/mol. The lowest BCUT2D eigenvalue weighted by atomic mass is 10.1. The molecule has 0 saturated carbocycles. The number of carbonyl (C=O) groups is 1. The van der Waals surface area contributed by atoms with Crippen LogP contribution >= 0.6 is 11.3 Å². The third kappa shape index (κ3) is 2.41. The van der Waals surface area contributed by atoms with Gasteiger partial charge in [-0.1, -0.05) is 12.1 Å². The average Bonchev–Trinajstić information content (AvgIpc) is 2.65. The molecule has 1 aromatic heterocycles. The molecule has 1 aromatic carbocycles. The number of benzene rings is 1. The number of carbonyl (C=O) groups excluding carboxylic acids is 1. The normalized spacial score (nSPS) is 10.1. The summed E-state index contributed by atoms with van der Waals surface area (Å²) in [5, 5.41) is 11.9. The van der Waals surface area contributed by atoms with E-state index < -0.39 is 0 Å². The molecule has 0 atom stereocenters. The Morgan fingerprint density at radius 3 is 3.00 bits per heavy atom. The molecule has 2 aromatic rings. The van der Waals surface area contributed by atoms with Gasteiger partial charge in [-0.15, -0.1) is 11.3 Å². The van der Waals surface area contributed by atoms with Gasteiger partial charge in [0.15, 0.2) is 6.29 Å². The van der Waals surface area contributed by atoms with Crippen molar-refractivity contribution in [1.29, 1.82) is 0 Å². The number of hydrogen-bond acceptors (Lipinski definition) is 4. The molecule has 15 heavy (non-hydrogen) atoms. The molecule has 76 valence electrons. The van der Waals surface area contributed by atoms with Crippen LogP contribution in [0.25, 0.3) is 0 Å². The van der Waals surface area contributed by atoms with Crippen molar-refractivity contribution >= 4 is 17.6 Å². The fourth-order valence-electron chi connectivity index (χ4n) is 1.30. The van der Waals surface area contributed by atoms with Crippen molar-refractivity contribution < 1.29 is 9.90 Å². The monoisotopic (exact) mass is 219 g/mol. The molecule has 0 aliphatic heterocycles. The van der Waals surface area contributed by atoms with Crippen molar-refractivity contribution in [3.8, 4) is 5.75 Å². The third-order valence-corrected chi connectivity index (χ3v) is 2.82. The van der Waals surface area contributed by atoms with E-state index in [1.807, 2.05) is 6.07 Å². The molecule has 4 heteroatoms. The van der Waals surface area contributed by atoms with Crippen LogP contribution < -0.4 is 0 Å². The number of hydrogen-bond donors (Lipinski definition) is 1. The summed E-state index contributed by atoms with van der Waals surface area (Å²) in [6, 6.07) is 7.03. The summed E-state index contributed by atoms with van der Waals surface area (Å²) in [6.45, 7) is 0. The van der Waals surface area contributed by atoms with E-state index in [0.29, 0.717) is 12.1 Å². The lowest BCUT2D eigenvalue weighted by Crippen LogP contribution is -1.87. The zero-order chi connectivity index (χ0) is 10.7. The van der Waals surface area contributed by atoms with Crippen molar-refractivity contribution in [1.82, 2.24) is 4.98 Å². The van der Waals surface area contributed by atoms with Gasteiger partial charge in [0.2, 0.25) is 0 Å². The molecule has 0 radical (unpaired) electrons. The molecule has 0 aliphatic carbocycles. The second-order valence-electron chi connectivity index (χ2n) is 3.13. The van der Waals surface area contributed by atoms with Gasteiger partial charge in [-0.25, -0.2) is 4.98 Å². The lowest BCUT2D eigenvalue weighted by molar-refractivity contribution is 0.111. The van der Waals surface area contributed by atoms with Crippen molar-refractivity contribution in [2.45, 2.75) is 6.42 Å². The van der Waals surface area contributed by atoms with E-state index in [2.05, 4.69) is 4.98 Å². The van der Waals surface area contributed by atoms with Crippen molar-refractivity contribution in [3.05, 3.63) is 45.9 Å². The zero-order valence-corrected chi connectivity index (χ0v) is 8.70. The largest absolute Gasteiger partial charge is 0.508 e. The summed E-state index contributed by atoms with van der Waals surface area (Å²) in [4.78, 5) is 14.6. The highest BCUT2D eigenvalue weighted by Crippen LogP contribution is 2.17. The highest BCUT2D eigenvalue weighted by atomic mass is 32.1. The Bertz CT molecular complexity index is 479. The first-order valence-corrected chi connectivity index (χ1v) is 5.33. The predicted molar refractivity (Wildman–Crippen MR) is 58.4 cm³/mol. The summed E-state index contributed by atoms with van der Waals surface area (Å²) in [5.41, 5.74) is 1.46. The molecule has 1 heterocycles. The van der Waals surface area contributed by atoms with E-state index in [0.717, 1.165) is 16.9 Å². The second-order valence-corrected chi connectivity index (χ2v) is 4.07. The molecule has 0 amide bonds. The van der Waals surface area contributed by atoms with Crippen LogP contribution in [0, 0.1) is 0 Å². The van der Waals surface area contributed by atoms with Crippen LogP contribution in [0.4, 0.5) is 0 Å². The Labute approximate surface area is 91.0 Å². The van der Waals surface area contributed by atoms with Gasteiger partial charge >= 0.3 is 0 Å². The average molecular weight is 219 g/mol. The van der Waals surface area contributed by atoms with E-state index in [1.54, 1.807) is 23.6 Å². The van der Waals surface area contributed by atoms with E-state index >= 15 is 0 Å². The van der Waals surface area contributed by atoms with E-state index in [4.69, 9.17) is 0 Å². The number of phenols is 1. The second kappa shape index (κ2) is 4.23. The third-order valence-electron chi connectivity index (χ3n) is 1.96. The predicted octanol–water partition coefficient (Wildman–Crippen LogP) is 2.25. The minimum atomic E-state index is 0.250. The topological polar surface area (TPSA) is 50.2 Å². The smallest absolute Gasteiger partial charge is 0.169 e. The highest BCUT2D eigenvalue weighted by Gasteiger charge is 2.02. The van der Waals surface area contributed by atoms with Crippen molar-refractivity contribution in [3.63, 3.8) is 0 Å². The van der Waals surface area contributed by atoms with Gasteiger partial charge in [0, 0.05) is 11.8 Å². The molecule has 0 unspecified atom stereocenters. The van der Waals surface area contributed by atoms with Gasteiger partial charge in [-0.05, 0) is 17.7 Å². The standard InChI is InChI=1S/C11H9NO2S/c13-6-9-7-15-11(12-9)5-8-2-1-3-10(14)4-8/h1-4,6-7,14H,5H2. The molecular formula is C11H9NO2S. The number of rotatable bonds is 3. The minimum absolute atomic E-state index is 0.250. The van der Waals surface area contributed by atoms with Crippen molar-refractivity contribution in [2.75, 3.05) is 0 Å². The van der Waals surface area contributed by atoms with Crippen LogP contribution in [0.2, 0.25) is 0 Å². The van der Waals surface area contributed by atoms with E-state index in [9.17, 15) is 9.90 Å². The van der Waals surface area contributed by atoms with Gasteiger partial charge in [0.05, 0.1) is 5.01 Å². The number of aromatic hydroxyl groups is 1. The van der Waals surface area contributed by atoms with Gasteiger partial charge < -0.3 is 5.11 Å². The molecule has 3 nitrogen and oxygen atoms in total. The zero-order valence-electron chi connectivity index (χ0n) is 7.88. The quantitative estimate of drug-likeness (QED) is 0.805. The van der Waals surface area contributed by atoms with Gasteiger partial charge in [-0.3, -0.25) is 4.79 Å². The Morgan fingerprint density at radius 2 is 2.33 bits per heavy atom. The van der Waals surface area contributed by atoms with Crippen LogP contribution in [0.5, 0.6) is 5.75 Å². The van der Waals surface area contributed by atoms with Gasteiger partial charge in [0.1, 0.15) is 11.4 Å². The fourth-order valence-corrected chi connectivity index (χ4v) is 2.07. The van der Waals surface area contributed by atoms with Crippen LogP contribution in [-0.4, -0.2) is 16.4 Å². The Morgan fingerprint density at radius 1 is 1.47 bits per heavy atom. The Hall–Kier alpha value is -1.68. The van der Waals surface area contributed by atoms with E-state index in [1.165, 1.54) is 11.3 Å². The fraction of sp³-hybridized carbons (Fsp3) is 0.0909. The van der Waals surface area contributed by atoms with Crippen LogP contribution in [0.15, 0.2) is 29.6 Å². The first kappa shape index (κ1) is 9.86. The summed E-state index contributed by atoms with van der Waals surface area (Å²) in [7, 11) is 0. The minimum Gasteiger partial charge on any atom is -0.508 e. The highest BCUT2D eigenvalue weighted by molar-refractivity contribution is 7.09. The SMILES string of the molecule is O=Cc1csc(Cc2cccc(O)c2)n1. The summed E-state index contributed by atoms with van der Waals surface area (Å²) in [5.74, 6) is 0.250. The molecule has 0 bridgehead atoms. The molecule has 0 aliphatic rings. The van der Waals surface area contributed by atoms with Crippen LogP contribution in [0.1, 0.15) is 21.1 Å². The van der Waals surface area contributed by atoms with Crippen molar-refractivity contribution in [2.24, 2.45) is 0 Å². The molecule has 2 rings (SSSR count). The number of aromatic nitrogens is 1. The molecule has 0 saturated heterocycles. The Kier molecular flexibility index (Phi) is 2.78. The maximum Gasteiger partial charge on any atom is 0.169 e. The Balaban J connectivity index is 2.18.